The van der Waals surface area contributed by atoms with Gasteiger partial charge in [-0.25, -0.2) is 9.78 Å². The van der Waals surface area contributed by atoms with Crippen LogP contribution < -0.4 is 5.32 Å². The zero-order chi connectivity index (χ0) is 15.1. The first-order valence-electron chi connectivity index (χ1n) is 6.52. The van der Waals surface area contributed by atoms with Gasteiger partial charge in [-0.15, -0.1) is 11.3 Å². The minimum absolute atomic E-state index is 0.254. The zero-order valence-electron chi connectivity index (χ0n) is 12.0. The Hall–Kier alpha value is -2.32. The van der Waals surface area contributed by atoms with Crippen LogP contribution in [0.25, 0.3) is 0 Å². The van der Waals surface area contributed by atoms with Gasteiger partial charge in [0.15, 0.2) is 0 Å². The average molecular weight is 300 g/mol. The highest BCUT2D eigenvalue weighted by Gasteiger charge is 2.02. The second-order valence-electron chi connectivity index (χ2n) is 4.36. The molecule has 0 bridgehead atoms. The maximum atomic E-state index is 11.5. The maximum absolute atomic E-state index is 11.5. The van der Waals surface area contributed by atoms with Crippen LogP contribution in [0.5, 0.6) is 0 Å². The van der Waals surface area contributed by atoms with Crippen molar-refractivity contribution < 1.29 is 9.53 Å². The van der Waals surface area contributed by atoms with Crippen LogP contribution in [0.1, 0.15) is 21.1 Å². The minimum Gasteiger partial charge on any atom is -0.445 e. The van der Waals surface area contributed by atoms with Crippen LogP contribution in [0.3, 0.4) is 0 Å². The molecule has 5 heteroatoms. The van der Waals surface area contributed by atoms with Crippen molar-refractivity contribution in [2.24, 2.45) is 0 Å². The van der Waals surface area contributed by atoms with E-state index in [1.807, 2.05) is 44.2 Å². The Morgan fingerprint density at radius 3 is 2.76 bits per heavy atom. The number of nitrogens with zero attached hydrogens (tertiary/aromatic N) is 1. The van der Waals surface area contributed by atoms with Crippen molar-refractivity contribution in [3.05, 3.63) is 51.5 Å². The highest BCUT2D eigenvalue weighted by molar-refractivity contribution is 7.12. The number of thiazole rings is 1. The Bertz CT molecular complexity index is 669. The topological polar surface area (TPSA) is 51.2 Å². The molecule has 1 aromatic heterocycles. The third kappa shape index (κ3) is 4.93. The maximum Gasteiger partial charge on any atom is 0.408 e. The van der Waals surface area contributed by atoms with Gasteiger partial charge >= 0.3 is 6.09 Å². The lowest BCUT2D eigenvalue weighted by Gasteiger charge is -2.04. The second kappa shape index (κ2) is 7.46. The lowest BCUT2D eigenvalue weighted by Crippen LogP contribution is -2.24. The molecule has 0 aliphatic rings. The summed E-state index contributed by atoms with van der Waals surface area (Å²) in [6.45, 7) is 4.38. The average Bonchev–Trinajstić information content (AvgIpc) is 2.80. The number of aryl methyl sites for hydroxylation is 2. The van der Waals surface area contributed by atoms with Crippen molar-refractivity contribution in [1.82, 2.24) is 10.3 Å². The van der Waals surface area contributed by atoms with Gasteiger partial charge in [-0.05, 0) is 19.4 Å². The number of hydrogen-bond donors (Lipinski definition) is 1. The number of benzene rings is 1. The van der Waals surface area contributed by atoms with E-state index in [1.54, 1.807) is 11.3 Å². The van der Waals surface area contributed by atoms with E-state index >= 15 is 0 Å². The van der Waals surface area contributed by atoms with Crippen LogP contribution in [-0.2, 0) is 11.3 Å². The predicted octanol–water partition coefficient (Wildman–Crippen LogP) is 3.04. The van der Waals surface area contributed by atoms with Crippen molar-refractivity contribution >= 4 is 17.4 Å². The molecule has 0 fully saturated rings. The summed E-state index contributed by atoms with van der Waals surface area (Å²) in [7, 11) is 0. The first-order chi connectivity index (χ1) is 10.1. The van der Waals surface area contributed by atoms with Crippen LogP contribution in [0.4, 0.5) is 4.79 Å². The lowest BCUT2D eigenvalue weighted by atomic mass is 10.2. The third-order valence-corrected chi connectivity index (χ3v) is 3.63. The number of aromatic nitrogens is 1. The van der Waals surface area contributed by atoms with Crippen LogP contribution in [0, 0.1) is 25.7 Å². The molecule has 0 spiro atoms. The van der Waals surface area contributed by atoms with Crippen LogP contribution in [-0.4, -0.2) is 17.6 Å². The Morgan fingerprint density at radius 1 is 1.33 bits per heavy atom. The fourth-order valence-corrected chi connectivity index (χ4v) is 2.46. The molecule has 0 saturated carbocycles. The highest BCUT2D eigenvalue weighted by atomic mass is 32.1. The fraction of sp³-hybridized carbons (Fsp3) is 0.250. The molecule has 0 aliphatic carbocycles. The number of hydrogen-bond acceptors (Lipinski definition) is 4. The van der Waals surface area contributed by atoms with Crippen molar-refractivity contribution in [3.8, 4) is 11.8 Å². The molecule has 2 rings (SSSR count). The molecule has 4 nitrogen and oxygen atoms in total. The standard InChI is InChI=1S/C16H16N2O2S/c1-12-15(21-13(2)18-12)9-6-10-17-16(19)20-11-14-7-4-3-5-8-14/h3-5,7-8H,10-11H2,1-2H3,(H,17,19). The molecule has 0 aliphatic heterocycles. The van der Waals surface area contributed by atoms with Gasteiger partial charge in [0.2, 0.25) is 0 Å². The van der Waals surface area contributed by atoms with E-state index in [0.29, 0.717) is 0 Å². The van der Waals surface area contributed by atoms with E-state index in [9.17, 15) is 4.79 Å². The van der Waals surface area contributed by atoms with Crippen molar-refractivity contribution in [3.63, 3.8) is 0 Å². The summed E-state index contributed by atoms with van der Waals surface area (Å²) in [4.78, 5) is 16.7. The van der Waals surface area contributed by atoms with Crippen molar-refractivity contribution in [2.75, 3.05) is 6.54 Å². The Morgan fingerprint density at radius 2 is 2.10 bits per heavy atom. The summed E-state index contributed by atoms with van der Waals surface area (Å²) in [5.41, 5.74) is 1.88. The van der Waals surface area contributed by atoms with Gasteiger partial charge in [0.25, 0.3) is 0 Å². The van der Waals surface area contributed by atoms with E-state index in [1.165, 1.54) is 0 Å². The first kappa shape index (κ1) is 15.1. The van der Waals surface area contributed by atoms with Crippen molar-refractivity contribution in [1.29, 1.82) is 0 Å². The largest absolute Gasteiger partial charge is 0.445 e. The molecule has 0 atom stereocenters. The summed E-state index contributed by atoms with van der Waals surface area (Å²) < 4.78 is 5.08. The molecular weight excluding hydrogens is 284 g/mol. The Kier molecular flexibility index (Phi) is 5.35. The molecule has 108 valence electrons. The quantitative estimate of drug-likeness (QED) is 0.886. The number of ether oxygens (including phenoxy) is 1. The Labute approximate surface area is 128 Å². The van der Waals surface area contributed by atoms with Gasteiger partial charge in [-0.1, -0.05) is 42.2 Å². The first-order valence-corrected chi connectivity index (χ1v) is 7.34. The fourth-order valence-electron chi connectivity index (χ4n) is 1.66. The number of amides is 1. The number of rotatable bonds is 3. The number of carbonyl (C=O) groups is 1. The molecule has 1 amide bonds. The molecule has 0 radical (unpaired) electrons. The van der Waals surface area contributed by atoms with E-state index in [2.05, 4.69) is 22.1 Å². The lowest BCUT2D eigenvalue weighted by molar-refractivity contribution is 0.141. The molecule has 0 unspecified atom stereocenters. The third-order valence-electron chi connectivity index (χ3n) is 2.64. The SMILES string of the molecule is Cc1nc(C)c(C#CCNC(=O)OCc2ccccc2)s1. The smallest absolute Gasteiger partial charge is 0.408 e. The van der Waals surface area contributed by atoms with Crippen molar-refractivity contribution in [2.45, 2.75) is 20.5 Å². The number of nitrogens with one attached hydrogen (secondary N) is 1. The predicted molar refractivity (Wildman–Crippen MR) is 83.1 cm³/mol. The normalized spacial score (nSPS) is 9.62. The van der Waals surface area contributed by atoms with Gasteiger partial charge in [-0.2, -0.15) is 0 Å². The molecule has 2 aromatic rings. The van der Waals surface area contributed by atoms with Crippen LogP contribution in [0.2, 0.25) is 0 Å². The van der Waals surface area contributed by atoms with E-state index in [-0.39, 0.29) is 13.2 Å². The number of alkyl carbamates (subject to hydrolysis) is 1. The van der Waals surface area contributed by atoms with Gasteiger partial charge in [0.1, 0.15) is 6.61 Å². The zero-order valence-corrected chi connectivity index (χ0v) is 12.8. The molecule has 1 heterocycles. The van der Waals surface area contributed by atoms with Gasteiger partial charge in [0.05, 0.1) is 22.1 Å². The summed E-state index contributed by atoms with van der Waals surface area (Å²) in [5, 5.41) is 3.59. The van der Waals surface area contributed by atoms with Gasteiger partial charge < -0.3 is 10.1 Å². The molecule has 1 aromatic carbocycles. The molecule has 1 N–H and O–H groups in total. The van der Waals surface area contributed by atoms with E-state index < -0.39 is 6.09 Å². The minimum atomic E-state index is -0.467. The highest BCUT2D eigenvalue weighted by Crippen LogP contribution is 2.14. The number of carbonyl (C=O) groups excluding carboxylic acids is 1. The summed E-state index contributed by atoms with van der Waals surface area (Å²) in [5.74, 6) is 5.89. The van der Waals surface area contributed by atoms with E-state index in [0.717, 1.165) is 21.1 Å². The molecule has 0 saturated heterocycles. The summed E-state index contributed by atoms with van der Waals surface area (Å²) >= 11 is 1.55. The second-order valence-corrected chi connectivity index (χ2v) is 5.57. The Balaban J connectivity index is 1.74. The summed E-state index contributed by atoms with van der Waals surface area (Å²) in [6.07, 6.45) is -0.467. The molecule has 21 heavy (non-hydrogen) atoms. The van der Waals surface area contributed by atoms with Crippen LogP contribution in [0.15, 0.2) is 30.3 Å². The van der Waals surface area contributed by atoms with Crippen LogP contribution >= 0.6 is 11.3 Å². The van der Waals surface area contributed by atoms with E-state index in [4.69, 9.17) is 4.74 Å². The summed E-state index contributed by atoms with van der Waals surface area (Å²) in [6, 6.07) is 9.54. The monoisotopic (exact) mass is 300 g/mol. The molecular formula is C16H16N2O2S. The van der Waals surface area contributed by atoms with Gasteiger partial charge in [0, 0.05) is 0 Å². The van der Waals surface area contributed by atoms with Gasteiger partial charge in [-0.3, -0.25) is 0 Å².